The van der Waals surface area contributed by atoms with Crippen molar-refractivity contribution in [3.63, 3.8) is 0 Å². The van der Waals surface area contributed by atoms with Crippen molar-refractivity contribution in [2.45, 2.75) is 6.04 Å². The van der Waals surface area contributed by atoms with Crippen LogP contribution in [0.1, 0.15) is 11.6 Å². The molecule has 0 unspecified atom stereocenters. The van der Waals surface area contributed by atoms with E-state index in [0.29, 0.717) is 12.6 Å². The van der Waals surface area contributed by atoms with Crippen LogP contribution in [0.3, 0.4) is 0 Å². The number of anilines is 1. The Bertz CT molecular complexity index is 592. The maximum Gasteiger partial charge on any atom is 0.119 e. The Morgan fingerprint density at radius 3 is 2.17 bits per heavy atom. The van der Waals surface area contributed by atoms with Gasteiger partial charge >= 0.3 is 0 Å². The van der Waals surface area contributed by atoms with E-state index < -0.39 is 0 Å². The highest BCUT2D eigenvalue weighted by molar-refractivity contribution is 5.49. The van der Waals surface area contributed by atoms with E-state index >= 15 is 0 Å². The van der Waals surface area contributed by atoms with Crippen LogP contribution in [-0.4, -0.2) is 44.7 Å². The lowest BCUT2D eigenvalue weighted by molar-refractivity contribution is 0.190. The third kappa shape index (κ3) is 3.66. The van der Waals surface area contributed by atoms with Crippen LogP contribution in [0.15, 0.2) is 54.6 Å². The van der Waals surface area contributed by atoms with Crippen LogP contribution in [0.25, 0.3) is 0 Å². The minimum absolute atomic E-state index is 0.314. The van der Waals surface area contributed by atoms with Gasteiger partial charge in [-0.1, -0.05) is 30.3 Å². The molecule has 1 atom stereocenters. The van der Waals surface area contributed by atoms with Crippen molar-refractivity contribution in [2.75, 3.05) is 44.7 Å². The van der Waals surface area contributed by atoms with Crippen molar-refractivity contribution in [2.24, 2.45) is 5.73 Å². The fraction of sp³-hybridized carbons (Fsp3) is 0.368. The molecule has 122 valence electrons. The Balaban J connectivity index is 1.63. The number of hydrogen-bond donors (Lipinski definition) is 1. The maximum atomic E-state index is 6.04. The van der Waals surface area contributed by atoms with Crippen molar-refractivity contribution < 1.29 is 4.74 Å². The molecule has 1 fully saturated rings. The second-order valence-corrected chi connectivity index (χ2v) is 5.88. The fourth-order valence-corrected chi connectivity index (χ4v) is 3.26. The van der Waals surface area contributed by atoms with Crippen LogP contribution >= 0.6 is 0 Å². The third-order valence-electron chi connectivity index (χ3n) is 4.60. The van der Waals surface area contributed by atoms with Gasteiger partial charge in [-0.15, -0.1) is 0 Å². The van der Waals surface area contributed by atoms with Crippen LogP contribution in [0, 0.1) is 0 Å². The molecule has 1 aliphatic rings. The zero-order valence-corrected chi connectivity index (χ0v) is 13.7. The van der Waals surface area contributed by atoms with Gasteiger partial charge in [0.05, 0.1) is 7.11 Å². The molecule has 4 heteroatoms. The summed E-state index contributed by atoms with van der Waals surface area (Å²) in [5.74, 6) is 0.902. The standard InChI is InChI=1S/C19H25N3O/c1-23-18-9-7-17(8-10-18)21-11-13-22(14-12-21)19(15-20)16-5-3-2-4-6-16/h2-10,19H,11-15,20H2,1H3/t19-/m0/s1. The van der Waals surface area contributed by atoms with Gasteiger partial charge in [-0.2, -0.15) is 0 Å². The summed E-state index contributed by atoms with van der Waals surface area (Å²) in [4.78, 5) is 4.92. The topological polar surface area (TPSA) is 41.7 Å². The minimum atomic E-state index is 0.314. The Kier molecular flexibility index (Phi) is 5.16. The van der Waals surface area contributed by atoms with Gasteiger partial charge in [-0.3, -0.25) is 4.90 Å². The van der Waals surface area contributed by atoms with Gasteiger partial charge in [0.25, 0.3) is 0 Å². The highest BCUT2D eigenvalue weighted by atomic mass is 16.5. The summed E-state index contributed by atoms with van der Waals surface area (Å²) >= 11 is 0. The monoisotopic (exact) mass is 311 g/mol. The molecule has 1 aliphatic heterocycles. The van der Waals surface area contributed by atoms with Crippen LogP contribution in [0.5, 0.6) is 5.75 Å². The number of hydrogen-bond acceptors (Lipinski definition) is 4. The molecule has 1 saturated heterocycles. The molecule has 0 spiro atoms. The zero-order valence-electron chi connectivity index (χ0n) is 13.7. The van der Waals surface area contributed by atoms with Gasteiger partial charge in [-0.05, 0) is 29.8 Å². The summed E-state index contributed by atoms with van der Waals surface area (Å²) < 4.78 is 5.23. The second-order valence-electron chi connectivity index (χ2n) is 5.88. The predicted molar refractivity (Wildman–Crippen MR) is 95.0 cm³/mol. The molecule has 1 heterocycles. The number of nitrogens with zero attached hydrogens (tertiary/aromatic N) is 2. The molecule has 4 nitrogen and oxygen atoms in total. The summed E-state index contributed by atoms with van der Waals surface area (Å²) in [6.07, 6.45) is 0. The highest BCUT2D eigenvalue weighted by Gasteiger charge is 2.24. The number of methoxy groups -OCH3 is 1. The zero-order chi connectivity index (χ0) is 16.1. The van der Waals surface area contributed by atoms with Crippen molar-refractivity contribution in [1.82, 2.24) is 4.90 Å². The molecule has 23 heavy (non-hydrogen) atoms. The molecule has 0 aliphatic carbocycles. The Morgan fingerprint density at radius 2 is 1.61 bits per heavy atom. The quantitative estimate of drug-likeness (QED) is 0.921. The number of nitrogens with two attached hydrogens (primary N) is 1. The lowest BCUT2D eigenvalue weighted by Gasteiger charge is -2.40. The van der Waals surface area contributed by atoms with Gasteiger partial charge in [0.15, 0.2) is 0 Å². The van der Waals surface area contributed by atoms with Gasteiger partial charge in [0.1, 0.15) is 5.75 Å². The largest absolute Gasteiger partial charge is 0.497 e. The molecular weight excluding hydrogens is 286 g/mol. The molecule has 2 N–H and O–H groups in total. The van der Waals surface area contributed by atoms with Gasteiger partial charge < -0.3 is 15.4 Å². The first-order chi connectivity index (χ1) is 11.3. The van der Waals surface area contributed by atoms with E-state index in [1.54, 1.807) is 7.11 Å². The van der Waals surface area contributed by atoms with E-state index in [1.807, 2.05) is 12.1 Å². The van der Waals surface area contributed by atoms with E-state index in [1.165, 1.54) is 11.3 Å². The molecule has 0 amide bonds. The number of rotatable bonds is 5. The number of benzene rings is 2. The first kappa shape index (κ1) is 15.8. The Morgan fingerprint density at radius 1 is 0.957 bits per heavy atom. The first-order valence-electron chi connectivity index (χ1n) is 8.20. The van der Waals surface area contributed by atoms with Crippen LogP contribution in [0.4, 0.5) is 5.69 Å². The SMILES string of the molecule is COc1ccc(N2CCN([C@@H](CN)c3ccccc3)CC2)cc1. The normalized spacial score (nSPS) is 17.0. The lowest BCUT2D eigenvalue weighted by atomic mass is 10.0. The average molecular weight is 311 g/mol. The van der Waals surface area contributed by atoms with Crippen molar-refractivity contribution in [1.29, 1.82) is 0 Å². The number of ether oxygens (including phenoxy) is 1. The second kappa shape index (κ2) is 7.49. The summed E-state index contributed by atoms with van der Waals surface area (Å²) in [7, 11) is 1.70. The predicted octanol–water partition coefficient (Wildman–Crippen LogP) is 2.52. The van der Waals surface area contributed by atoms with E-state index in [2.05, 4.69) is 52.3 Å². The van der Waals surface area contributed by atoms with Crippen molar-refractivity contribution >= 4 is 5.69 Å². The number of piperazine rings is 1. The molecule has 2 aromatic rings. The van der Waals surface area contributed by atoms with Gasteiger partial charge in [0, 0.05) is 44.5 Å². The maximum absolute atomic E-state index is 6.04. The Hall–Kier alpha value is -2.04. The van der Waals surface area contributed by atoms with Crippen LogP contribution in [0.2, 0.25) is 0 Å². The van der Waals surface area contributed by atoms with Crippen molar-refractivity contribution in [3.8, 4) is 5.75 Å². The summed E-state index contributed by atoms with van der Waals surface area (Å²) in [6.45, 7) is 4.77. The van der Waals surface area contributed by atoms with Crippen LogP contribution in [-0.2, 0) is 0 Å². The van der Waals surface area contributed by atoms with Gasteiger partial charge in [-0.25, -0.2) is 0 Å². The third-order valence-corrected chi connectivity index (χ3v) is 4.60. The Labute approximate surface area is 138 Å². The average Bonchev–Trinajstić information content (AvgIpc) is 2.64. The van der Waals surface area contributed by atoms with E-state index in [0.717, 1.165) is 31.9 Å². The van der Waals surface area contributed by atoms with E-state index in [9.17, 15) is 0 Å². The lowest BCUT2D eigenvalue weighted by Crippen LogP contribution is -2.49. The molecule has 0 saturated carbocycles. The highest BCUT2D eigenvalue weighted by Crippen LogP contribution is 2.24. The van der Waals surface area contributed by atoms with E-state index in [-0.39, 0.29) is 0 Å². The van der Waals surface area contributed by atoms with Gasteiger partial charge in [0.2, 0.25) is 0 Å². The molecule has 0 aromatic heterocycles. The molecular formula is C19H25N3O. The van der Waals surface area contributed by atoms with Crippen LogP contribution < -0.4 is 15.4 Å². The summed E-state index contributed by atoms with van der Waals surface area (Å²) in [6, 6.07) is 19.2. The first-order valence-corrected chi connectivity index (χ1v) is 8.20. The minimum Gasteiger partial charge on any atom is -0.497 e. The van der Waals surface area contributed by atoms with E-state index in [4.69, 9.17) is 10.5 Å². The molecule has 2 aromatic carbocycles. The molecule has 0 radical (unpaired) electrons. The fourth-order valence-electron chi connectivity index (χ4n) is 3.26. The van der Waals surface area contributed by atoms with Crippen molar-refractivity contribution in [3.05, 3.63) is 60.2 Å². The molecule has 3 rings (SSSR count). The summed E-state index contributed by atoms with van der Waals surface area (Å²) in [5, 5.41) is 0. The molecule has 0 bridgehead atoms. The summed E-state index contributed by atoms with van der Waals surface area (Å²) in [5.41, 5.74) is 8.62. The smallest absolute Gasteiger partial charge is 0.119 e.